The van der Waals surface area contributed by atoms with Crippen LogP contribution in [0.15, 0.2) is 59.6 Å². The van der Waals surface area contributed by atoms with E-state index in [0.717, 1.165) is 37.7 Å². The molecule has 8 nitrogen and oxygen atoms in total. The molecule has 178 valence electrons. The number of methoxy groups -OCH3 is 2. The molecule has 0 saturated carbocycles. The Morgan fingerprint density at radius 3 is 2.35 bits per heavy atom. The van der Waals surface area contributed by atoms with Gasteiger partial charge in [0.25, 0.3) is 0 Å². The molecule has 1 amide bonds. The van der Waals surface area contributed by atoms with E-state index < -0.39 is 0 Å². The predicted octanol–water partition coefficient (Wildman–Crippen LogP) is 3.69. The van der Waals surface area contributed by atoms with E-state index in [1.807, 2.05) is 12.1 Å². The van der Waals surface area contributed by atoms with E-state index in [1.165, 1.54) is 23.9 Å². The van der Waals surface area contributed by atoms with Crippen molar-refractivity contribution in [3.8, 4) is 11.5 Å². The molecule has 0 unspecified atom stereocenters. The van der Waals surface area contributed by atoms with Crippen molar-refractivity contribution >= 4 is 34.9 Å². The van der Waals surface area contributed by atoms with Crippen LogP contribution in [0.2, 0.25) is 0 Å². The molecule has 10 heteroatoms. The van der Waals surface area contributed by atoms with E-state index >= 15 is 0 Å². The normalized spacial score (nSPS) is 13.5. The average molecular weight is 484 g/mol. The zero-order valence-electron chi connectivity index (χ0n) is 19.0. The van der Waals surface area contributed by atoms with Crippen LogP contribution in [-0.2, 0) is 4.79 Å². The van der Waals surface area contributed by atoms with E-state index in [4.69, 9.17) is 9.47 Å². The van der Waals surface area contributed by atoms with Gasteiger partial charge in [-0.05, 0) is 48.5 Å². The molecule has 1 saturated heterocycles. The quantitative estimate of drug-likeness (QED) is 0.486. The molecule has 3 aromatic rings. The number of thioether (sulfide) groups is 1. The molecular weight excluding hydrogens is 457 g/mol. The fourth-order valence-corrected chi connectivity index (χ4v) is 4.26. The summed E-state index contributed by atoms with van der Waals surface area (Å²) in [6, 6.07) is 15.6. The number of nitrogens with one attached hydrogen (secondary N) is 1. The minimum Gasteiger partial charge on any atom is -0.497 e. The second-order valence-electron chi connectivity index (χ2n) is 7.58. The van der Waals surface area contributed by atoms with E-state index in [0.29, 0.717) is 22.2 Å². The van der Waals surface area contributed by atoms with Gasteiger partial charge in [0, 0.05) is 37.9 Å². The second kappa shape index (κ2) is 11.1. The van der Waals surface area contributed by atoms with Crippen molar-refractivity contribution in [2.24, 2.45) is 0 Å². The molecule has 1 aliphatic heterocycles. The minimum absolute atomic E-state index is 0.181. The fourth-order valence-electron chi connectivity index (χ4n) is 3.64. The number of halogens is 1. The molecular formula is C24H26FN5O3S. The molecule has 0 spiro atoms. The summed E-state index contributed by atoms with van der Waals surface area (Å²) in [4.78, 5) is 16.8. The Hall–Kier alpha value is -3.53. The first kappa shape index (κ1) is 23.6. The van der Waals surface area contributed by atoms with Crippen LogP contribution in [0.5, 0.6) is 11.5 Å². The molecule has 0 bridgehead atoms. The summed E-state index contributed by atoms with van der Waals surface area (Å²) in [7, 11) is 3.11. The Morgan fingerprint density at radius 1 is 0.971 bits per heavy atom. The Balaban J connectivity index is 1.27. The van der Waals surface area contributed by atoms with Gasteiger partial charge in [-0.2, -0.15) is 0 Å². The topological polar surface area (TPSA) is 79.8 Å². The number of benzene rings is 2. The minimum atomic E-state index is -0.229. The van der Waals surface area contributed by atoms with Gasteiger partial charge in [-0.15, -0.1) is 10.2 Å². The Bertz CT molecular complexity index is 1110. The van der Waals surface area contributed by atoms with Crippen LogP contribution in [0.25, 0.3) is 0 Å². The highest BCUT2D eigenvalue weighted by atomic mass is 32.2. The monoisotopic (exact) mass is 483 g/mol. The first-order valence-electron chi connectivity index (χ1n) is 10.8. The van der Waals surface area contributed by atoms with Crippen LogP contribution in [-0.4, -0.2) is 62.3 Å². The molecule has 1 fully saturated rings. The number of anilines is 3. The molecule has 0 aliphatic carbocycles. The molecule has 0 atom stereocenters. The Kier molecular flexibility index (Phi) is 7.69. The smallest absolute Gasteiger partial charge is 0.234 e. The number of ether oxygens (including phenoxy) is 2. The van der Waals surface area contributed by atoms with Gasteiger partial charge in [0.15, 0.2) is 5.82 Å². The van der Waals surface area contributed by atoms with Gasteiger partial charge in [-0.25, -0.2) is 4.39 Å². The van der Waals surface area contributed by atoms with Crippen molar-refractivity contribution in [1.29, 1.82) is 0 Å². The Labute approximate surface area is 202 Å². The van der Waals surface area contributed by atoms with Crippen LogP contribution in [0.3, 0.4) is 0 Å². The van der Waals surface area contributed by atoms with Crippen molar-refractivity contribution in [2.75, 3.05) is 61.3 Å². The van der Waals surface area contributed by atoms with Crippen molar-refractivity contribution in [2.45, 2.75) is 5.03 Å². The van der Waals surface area contributed by atoms with Crippen molar-refractivity contribution in [1.82, 2.24) is 10.2 Å². The number of carbonyl (C=O) groups is 1. The molecule has 2 aromatic carbocycles. The maximum absolute atomic E-state index is 13.2. The third kappa shape index (κ3) is 5.88. The van der Waals surface area contributed by atoms with Crippen molar-refractivity contribution in [3.63, 3.8) is 0 Å². The SMILES string of the molecule is COc1ccc(OC)c(NC(=O)CSc2ccc(N3CCN(c4ccc(F)cc4)CC3)nn2)c1. The maximum atomic E-state index is 13.2. The highest BCUT2D eigenvalue weighted by Gasteiger charge is 2.19. The molecule has 0 radical (unpaired) electrons. The average Bonchev–Trinajstić information content (AvgIpc) is 2.88. The summed E-state index contributed by atoms with van der Waals surface area (Å²) in [6.07, 6.45) is 0. The van der Waals surface area contributed by atoms with Crippen LogP contribution < -0.4 is 24.6 Å². The highest BCUT2D eigenvalue weighted by molar-refractivity contribution is 7.99. The lowest BCUT2D eigenvalue weighted by atomic mass is 10.2. The molecule has 1 N–H and O–H groups in total. The van der Waals surface area contributed by atoms with E-state index in [2.05, 4.69) is 25.3 Å². The number of carbonyl (C=O) groups excluding carboxylic acids is 1. The van der Waals surface area contributed by atoms with Gasteiger partial charge in [0.2, 0.25) is 5.91 Å². The summed E-state index contributed by atoms with van der Waals surface area (Å²) in [5.74, 6) is 1.76. The number of amides is 1. The molecule has 1 aromatic heterocycles. The summed E-state index contributed by atoms with van der Waals surface area (Å²) in [5.41, 5.74) is 1.57. The standard InChI is InChI=1S/C24H26FN5O3S/c1-32-19-7-8-21(33-2)20(15-19)26-23(31)16-34-24-10-9-22(27-28-24)30-13-11-29(12-14-30)18-5-3-17(25)4-6-18/h3-10,15H,11-14,16H2,1-2H3,(H,26,31). The number of hydrogen-bond acceptors (Lipinski definition) is 8. The summed E-state index contributed by atoms with van der Waals surface area (Å²) in [6.45, 7) is 3.22. The van der Waals surface area contributed by atoms with Gasteiger partial charge in [0.05, 0.1) is 25.7 Å². The van der Waals surface area contributed by atoms with Crippen LogP contribution >= 0.6 is 11.8 Å². The number of hydrogen-bond donors (Lipinski definition) is 1. The van der Waals surface area contributed by atoms with Gasteiger partial charge >= 0.3 is 0 Å². The lowest BCUT2D eigenvalue weighted by molar-refractivity contribution is -0.113. The molecule has 4 rings (SSSR count). The zero-order valence-corrected chi connectivity index (χ0v) is 19.8. The summed E-state index contributed by atoms with van der Waals surface area (Å²) < 4.78 is 23.7. The molecule has 34 heavy (non-hydrogen) atoms. The number of aromatic nitrogens is 2. The van der Waals surface area contributed by atoms with Gasteiger partial charge < -0.3 is 24.6 Å². The van der Waals surface area contributed by atoms with E-state index in [9.17, 15) is 9.18 Å². The van der Waals surface area contributed by atoms with Crippen LogP contribution in [0, 0.1) is 5.82 Å². The zero-order chi connectivity index (χ0) is 23.9. The van der Waals surface area contributed by atoms with Crippen LogP contribution in [0.4, 0.5) is 21.6 Å². The van der Waals surface area contributed by atoms with E-state index in [-0.39, 0.29) is 17.5 Å². The van der Waals surface area contributed by atoms with E-state index in [1.54, 1.807) is 44.6 Å². The number of nitrogens with zero attached hydrogens (tertiary/aromatic N) is 4. The fraction of sp³-hybridized carbons (Fsp3) is 0.292. The third-order valence-electron chi connectivity index (χ3n) is 5.45. The number of piperazine rings is 1. The first-order valence-corrected chi connectivity index (χ1v) is 11.8. The van der Waals surface area contributed by atoms with Gasteiger partial charge in [0.1, 0.15) is 22.3 Å². The highest BCUT2D eigenvalue weighted by Crippen LogP contribution is 2.29. The second-order valence-corrected chi connectivity index (χ2v) is 8.58. The lowest BCUT2D eigenvalue weighted by Gasteiger charge is -2.36. The maximum Gasteiger partial charge on any atom is 0.234 e. The molecule has 1 aliphatic rings. The van der Waals surface area contributed by atoms with Crippen molar-refractivity contribution in [3.05, 3.63) is 60.4 Å². The third-order valence-corrected chi connectivity index (χ3v) is 6.37. The van der Waals surface area contributed by atoms with Gasteiger partial charge in [-0.3, -0.25) is 4.79 Å². The lowest BCUT2D eigenvalue weighted by Crippen LogP contribution is -2.46. The first-order chi connectivity index (χ1) is 16.6. The van der Waals surface area contributed by atoms with Gasteiger partial charge in [-0.1, -0.05) is 11.8 Å². The van der Waals surface area contributed by atoms with Crippen LogP contribution in [0.1, 0.15) is 0 Å². The largest absolute Gasteiger partial charge is 0.497 e. The number of rotatable bonds is 8. The molecule has 2 heterocycles. The summed E-state index contributed by atoms with van der Waals surface area (Å²) >= 11 is 1.31. The summed E-state index contributed by atoms with van der Waals surface area (Å²) in [5, 5.41) is 12.1. The Morgan fingerprint density at radius 2 is 1.71 bits per heavy atom. The van der Waals surface area contributed by atoms with Crippen molar-refractivity contribution < 1.29 is 18.7 Å². The predicted molar refractivity (Wildman–Crippen MR) is 132 cm³/mol.